The zero-order chi connectivity index (χ0) is 16.9. The van der Waals surface area contributed by atoms with Crippen molar-refractivity contribution in [2.45, 2.75) is 6.92 Å². The predicted octanol–water partition coefficient (Wildman–Crippen LogP) is 4.31. The highest BCUT2D eigenvalue weighted by Gasteiger charge is 2.04. The molecule has 1 heterocycles. The molecule has 1 N–H and O–H groups in total. The van der Waals surface area contributed by atoms with Crippen molar-refractivity contribution in [2.75, 3.05) is 0 Å². The number of nitrogens with one attached hydrogen (secondary N) is 1. The van der Waals surface area contributed by atoms with E-state index in [4.69, 9.17) is 0 Å². The highest BCUT2D eigenvalue weighted by molar-refractivity contribution is 9.10. The van der Waals surface area contributed by atoms with Gasteiger partial charge >= 0.3 is 0 Å². The van der Waals surface area contributed by atoms with Gasteiger partial charge in [0.2, 0.25) is 0 Å². The van der Waals surface area contributed by atoms with Gasteiger partial charge in [-0.15, -0.1) is 0 Å². The zero-order valence-electron chi connectivity index (χ0n) is 13.1. The fourth-order valence-electron chi connectivity index (χ4n) is 2.26. The number of hydrogen-bond acceptors (Lipinski definition) is 2. The Labute approximate surface area is 149 Å². The number of halogens is 1. The normalized spacial score (nSPS) is 10.9. The Balaban J connectivity index is 1.71. The van der Waals surface area contributed by atoms with Gasteiger partial charge in [-0.25, -0.2) is 5.43 Å². The summed E-state index contributed by atoms with van der Waals surface area (Å²) < 4.78 is 3.02. The van der Waals surface area contributed by atoms with Gasteiger partial charge in [0.15, 0.2) is 0 Å². The number of hydrazone groups is 1. The number of hydrogen-bond donors (Lipinski definition) is 1. The third kappa shape index (κ3) is 3.81. The minimum atomic E-state index is -0.229. The average molecular weight is 382 g/mol. The largest absolute Gasteiger partial charge is 0.316 e. The molecular weight excluding hydrogens is 366 g/mol. The van der Waals surface area contributed by atoms with Crippen molar-refractivity contribution in [3.8, 4) is 5.69 Å². The maximum atomic E-state index is 12.0. The van der Waals surface area contributed by atoms with Crippen molar-refractivity contribution >= 4 is 28.1 Å². The first-order valence-electron chi connectivity index (χ1n) is 7.47. The molecule has 0 atom stereocenters. The summed E-state index contributed by atoms with van der Waals surface area (Å²) in [7, 11) is 0. The van der Waals surface area contributed by atoms with Gasteiger partial charge in [-0.1, -0.05) is 33.6 Å². The molecule has 3 aromatic rings. The van der Waals surface area contributed by atoms with Crippen LogP contribution in [0.3, 0.4) is 0 Å². The van der Waals surface area contributed by atoms with Crippen molar-refractivity contribution in [1.29, 1.82) is 0 Å². The lowest BCUT2D eigenvalue weighted by Gasteiger charge is -2.06. The molecule has 0 saturated heterocycles. The summed E-state index contributed by atoms with van der Waals surface area (Å²) in [5.74, 6) is -0.229. The van der Waals surface area contributed by atoms with E-state index in [2.05, 4.69) is 26.5 Å². The summed E-state index contributed by atoms with van der Waals surface area (Å²) in [5.41, 5.74) is 6.15. The van der Waals surface area contributed by atoms with E-state index in [0.29, 0.717) is 5.56 Å². The van der Waals surface area contributed by atoms with Crippen LogP contribution < -0.4 is 5.43 Å². The molecule has 5 heteroatoms. The standard InChI is InChI=1S/C19H16BrN3O/c1-14-4-6-15(7-5-14)19(24)22-21-13-18-3-2-12-23(18)17-10-8-16(20)9-11-17/h2-13H,1H3,(H,22,24)/b21-13-. The minimum absolute atomic E-state index is 0.229. The second kappa shape index (κ2) is 7.27. The van der Waals surface area contributed by atoms with Gasteiger partial charge in [0.1, 0.15) is 0 Å². The molecule has 4 nitrogen and oxygen atoms in total. The third-order valence-corrected chi connectivity index (χ3v) is 4.09. The molecule has 24 heavy (non-hydrogen) atoms. The Hall–Kier alpha value is -2.66. The molecule has 0 aliphatic rings. The lowest BCUT2D eigenvalue weighted by Crippen LogP contribution is -2.17. The molecule has 0 saturated carbocycles. The van der Waals surface area contributed by atoms with E-state index in [9.17, 15) is 4.79 Å². The van der Waals surface area contributed by atoms with Crippen LogP contribution in [0.1, 0.15) is 21.6 Å². The van der Waals surface area contributed by atoms with E-state index >= 15 is 0 Å². The number of benzene rings is 2. The van der Waals surface area contributed by atoms with Crippen molar-refractivity contribution in [3.05, 3.63) is 88.2 Å². The Morgan fingerprint density at radius 1 is 1.08 bits per heavy atom. The predicted molar refractivity (Wildman–Crippen MR) is 99.7 cm³/mol. The maximum Gasteiger partial charge on any atom is 0.271 e. The number of aromatic nitrogens is 1. The van der Waals surface area contributed by atoms with Gasteiger partial charge in [-0.2, -0.15) is 5.10 Å². The zero-order valence-corrected chi connectivity index (χ0v) is 14.7. The molecule has 120 valence electrons. The van der Waals surface area contributed by atoms with Gasteiger partial charge in [-0.05, 0) is 55.5 Å². The highest BCUT2D eigenvalue weighted by Crippen LogP contribution is 2.15. The molecule has 0 spiro atoms. The smallest absolute Gasteiger partial charge is 0.271 e. The molecule has 3 rings (SSSR count). The fourth-order valence-corrected chi connectivity index (χ4v) is 2.53. The van der Waals surface area contributed by atoms with E-state index in [0.717, 1.165) is 21.4 Å². The number of rotatable bonds is 4. The summed E-state index contributed by atoms with van der Waals surface area (Å²) >= 11 is 3.43. The molecule has 1 aromatic heterocycles. The lowest BCUT2D eigenvalue weighted by molar-refractivity contribution is 0.0955. The summed E-state index contributed by atoms with van der Waals surface area (Å²) in [4.78, 5) is 12.0. The average Bonchev–Trinajstić information content (AvgIpc) is 3.04. The van der Waals surface area contributed by atoms with Crippen LogP contribution in [0.15, 0.2) is 76.4 Å². The van der Waals surface area contributed by atoms with E-state index in [1.54, 1.807) is 18.3 Å². The van der Waals surface area contributed by atoms with Crippen molar-refractivity contribution in [1.82, 2.24) is 9.99 Å². The first-order valence-corrected chi connectivity index (χ1v) is 8.26. The topological polar surface area (TPSA) is 46.4 Å². The van der Waals surface area contributed by atoms with E-state index in [1.807, 2.05) is 66.2 Å². The van der Waals surface area contributed by atoms with Crippen LogP contribution in [-0.4, -0.2) is 16.7 Å². The molecule has 0 aliphatic heterocycles. The number of carbonyl (C=O) groups is 1. The Kier molecular flexibility index (Phi) is 4.91. The summed E-state index contributed by atoms with van der Waals surface area (Å²) in [6.07, 6.45) is 3.58. The monoisotopic (exact) mass is 381 g/mol. The molecule has 1 amide bonds. The number of nitrogens with zero attached hydrogens (tertiary/aromatic N) is 2. The summed E-state index contributed by atoms with van der Waals surface area (Å²) in [6.45, 7) is 1.98. The quantitative estimate of drug-likeness (QED) is 0.531. The van der Waals surface area contributed by atoms with E-state index in [-0.39, 0.29) is 5.91 Å². The molecular formula is C19H16BrN3O. The minimum Gasteiger partial charge on any atom is -0.316 e. The summed E-state index contributed by atoms with van der Waals surface area (Å²) in [5, 5.41) is 4.06. The highest BCUT2D eigenvalue weighted by atomic mass is 79.9. The van der Waals surface area contributed by atoms with Crippen LogP contribution in [0.5, 0.6) is 0 Å². The van der Waals surface area contributed by atoms with Crippen LogP contribution in [0.25, 0.3) is 5.69 Å². The molecule has 2 aromatic carbocycles. The summed E-state index contributed by atoms with van der Waals surface area (Å²) in [6, 6.07) is 19.2. The van der Waals surface area contributed by atoms with Crippen molar-refractivity contribution < 1.29 is 4.79 Å². The van der Waals surface area contributed by atoms with Gasteiger partial charge in [0, 0.05) is 21.9 Å². The second-order valence-corrected chi connectivity index (χ2v) is 6.26. The SMILES string of the molecule is Cc1ccc(C(=O)N/N=C\c2cccn2-c2ccc(Br)cc2)cc1. The third-order valence-electron chi connectivity index (χ3n) is 3.56. The Morgan fingerprint density at radius 2 is 1.79 bits per heavy atom. The first kappa shape index (κ1) is 16.2. The Morgan fingerprint density at radius 3 is 2.50 bits per heavy atom. The van der Waals surface area contributed by atoms with Gasteiger partial charge in [0.25, 0.3) is 5.91 Å². The van der Waals surface area contributed by atoms with Crippen LogP contribution in [0.2, 0.25) is 0 Å². The molecule has 0 unspecified atom stereocenters. The number of amides is 1. The van der Waals surface area contributed by atoms with Crippen LogP contribution in [0.4, 0.5) is 0 Å². The van der Waals surface area contributed by atoms with Gasteiger partial charge in [-0.3, -0.25) is 4.79 Å². The number of aryl methyl sites for hydroxylation is 1. The van der Waals surface area contributed by atoms with Crippen LogP contribution >= 0.6 is 15.9 Å². The van der Waals surface area contributed by atoms with Crippen LogP contribution in [-0.2, 0) is 0 Å². The second-order valence-electron chi connectivity index (χ2n) is 5.34. The first-order chi connectivity index (χ1) is 11.6. The molecule has 0 aliphatic carbocycles. The van der Waals surface area contributed by atoms with Crippen LogP contribution in [0, 0.1) is 6.92 Å². The maximum absolute atomic E-state index is 12.0. The molecule has 0 fully saturated rings. The van der Waals surface area contributed by atoms with Crippen molar-refractivity contribution in [3.63, 3.8) is 0 Å². The van der Waals surface area contributed by atoms with E-state index in [1.165, 1.54) is 0 Å². The Bertz CT molecular complexity index is 864. The number of carbonyl (C=O) groups excluding carboxylic acids is 1. The van der Waals surface area contributed by atoms with Gasteiger partial charge < -0.3 is 4.57 Å². The van der Waals surface area contributed by atoms with Crippen molar-refractivity contribution in [2.24, 2.45) is 5.10 Å². The lowest BCUT2D eigenvalue weighted by atomic mass is 10.1. The van der Waals surface area contributed by atoms with Gasteiger partial charge in [0.05, 0.1) is 11.9 Å². The molecule has 0 bridgehead atoms. The van der Waals surface area contributed by atoms with E-state index < -0.39 is 0 Å². The fraction of sp³-hybridized carbons (Fsp3) is 0.0526. The molecule has 0 radical (unpaired) electrons.